The molecule has 1 aliphatic rings. The molecular weight excluding hydrogens is 388 g/mol. The summed E-state index contributed by atoms with van der Waals surface area (Å²) in [4.78, 5) is 24.7. The molecule has 31 heavy (non-hydrogen) atoms. The van der Waals surface area contributed by atoms with Gasteiger partial charge in [-0.3, -0.25) is 9.20 Å². The van der Waals surface area contributed by atoms with Crippen LogP contribution in [0.2, 0.25) is 0 Å². The van der Waals surface area contributed by atoms with Crippen LogP contribution in [-0.2, 0) is 6.42 Å². The molecule has 1 saturated heterocycles. The smallest absolute Gasteiger partial charge is 0.181 e. The fraction of sp³-hybridized carbons (Fsp3) is 0.480. The molecule has 3 aromatic rings. The third kappa shape index (κ3) is 4.58. The molecule has 0 amide bonds. The van der Waals surface area contributed by atoms with Crippen LogP contribution < -0.4 is 9.64 Å². The maximum atomic E-state index is 13.0. The van der Waals surface area contributed by atoms with Crippen LogP contribution >= 0.6 is 0 Å². The fourth-order valence-electron chi connectivity index (χ4n) is 4.49. The van der Waals surface area contributed by atoms with Gasteiger partial charge < -0.3 is 9.64 Å². The molecule has 0 radical (unpaired) electrons. The number of pyridine rings is 2. The van der Waals surface area contributed by atoms with Gasteiger partial charge in [0.25, 0.3) is 0 Å². The first-order valence-corrected chi connectivity index (χ1v) is 11.4. The number of ketones is 1. The summed E-state index contributed by atoms with van der Waals surface area (Å²) in [5.41, 5.74) is 3.16. The van der Waals surface area contributed by atoms with Crippen LogP contribution in [0.4, 0.5) is 5.82 Å². The minimum Gasteiger partial charge on any atom is -0.490 e. The molecule has 0 bridgehead atoms. The van der Waals surface area contributed by atoms with Crippen LogP contribution in [0.15, 0.2) is 36.7 Å². The fourth-order valence-corrected chi connectivity index (χ4v) is 4.49. The van der Waals surface area contributed by atoms with E-state index in [-0.39, 0.29) is 5.78 Å². The molecule has 4 heterocycles. The van der Waals surface area contributed by atoms with E-state index in [1.54, 1.807) is 0 Å². The molecule has 164 valence electrons. The number of ether oxygens (including phenoxy) is 1. The van der Waals surface area contributed by atoms with E-state index in [1.165, 1.54) is 19.3 Å². The maximum absolute atomic E-state index is 13.0. The minimum absolute atomic E-state index is 0.0875. The lowest BCUT2D eigenvalue weighted by molar-refractivity contribution is 0.0976. The van der Waals surface area contributed by atoms with Gasteiger partial charge in [0.2, 0.25) is 0 Å². The number of aromatic nitrogens is 3. The molecule has 0 aliphatic carbocycles. The number of anilines is 1. The van der Waals surface area contributed by atoms with E-state index in [0.717, 1.165) is 36.1 Å². The summed E-state index contributed by atoms with van der Waals surface area (Å²) in [5, 5.41) is 0. The van der Waals surface area contributed by atoms with Gasteiger partial charge in [-0.25, -0.2) is 9.97 Å². The number of rotatable bonds is 8. The number of fused-ring (bicyclic) bond motifs is 1. The monoisotopic (exact) mass is 420 g/mol. The predicted octanol–water partition coefficient (Wildman–Crippen LogP) is 4.88. The summed E-state index contributed by atoms with van der Waals surface area (Å²) in [5.74, 6) is 2.61. The second-order valence-corrected chi connectivity index (χ2v) is 8.36. The summed E-state index contributed by atoms with van der Waals surface area (Å²) in [7, 11) is 0. The Morgan fingerprint density at radius 3 is 2.87 bits per heavy atom. The van der Waals surface area contributed by atoms with Gasteiger partial charge in [0.05, 0.1) is 12.3 Å². The van der Waals surface area contributed by atoms with E-state index in [9.17, 15) is 4.79 Å². The Morgan fingerprint density at radius 1 is 1.26 bits per heavy atom. The molecule has 3 aromatic heterocycles. The van der Waals surface area contributed by atoms with Crippen LogP contribution in [0.1, 0.15) is 61.3 Å². The zero-order valence-corrected chi connectivity index (χ0v) is 18.8. The number of hydrogen-bond acceptors (Lipinski definition) is 5. The van der Waals surface area contributed by atoms with Crippen molar-refractivity contribution in [1.82, 2.24) is 14.4 Å². The minimum atomic E-state index is 0.0875. The van der Waals surface area contributed by atoms with Crippen molar-refractivity contribution in [3.05, 3.63) is 53.6 Å². The molecule has 1 unspecified atom stereocenters. The van der Waals surface area contributed by atoms with Crippen LogP contribution in [0.25, 0.3) is 5.65 Å². The Labute approximate surface area is 184 Å². The summed E-state index contributed by atoms with van der Waals surface area (Å²) in [6, 6.07) is 7.99. The largest absolute Gasteiger partial charge is 0.490 e. The number of aryl methyl sites for hydroxylation is 2. The van der Waals surface area contributed by atoms with Crippen LogP contribution in [0.3, 0.4) is 0 Å². The number of Topliss-reactive ketones (excluding diaryl/α,β-unsaturated/α-hetero) is 1. The number of carbonyl (C=O) groups excluding carboxylic acids is 1. The predicted molar refractivity (Wildman–Crippen MR) is 123 cm³/mol. The summed E-state index contributed by atoms with van der Waals surface area (Å²) < 4.78 is 7.52. The SMILES string of the molecule is CCOc1cccn2c(C(=O)CCc3ccc(N4CCCC(CC)C4)nc3)c(C)nc12. The Kier molecular flexibility index (Phi) is 6.54. The average molecular weight is 421 g/mol. The Morgan fingerprint density at radius 2 is 2.13 bits per heavy atom. The van der Waals surface area contributed by atoms with E-state index in [2.05, 4.69) is 28.9 Å². The first-order chi connectivity index (χ1) is 15.1. The van der Waals surface area contributed by atoms with Gasteiger partial charge in [0, 0.05) is 31.9 Å². The highest BCUT2D eigenvalue weighted by Crippen LogP contribution is 2.25. The van der Waals surface area contributed by atoms with Crippen molar-refractivity contribution in [2.45, 2.75) is 52.9 Å². The highest BCUT2D eigenvalue weighted by molar-refractivity contribution is 5.96. The highest BCUT2D eigenvalue weighted by atomic mass is 16.5. The quantitative estimate of drug-likeness (QED) is 0.486. The van der Waals surface area contributed by atoms with Gasteiger partial charge in [-0.2, -0.15) is 0 Å². The molecule has 6 nitrogen and oxygen atoms in total. The molecule has 1 fully saturated rings. The Bertz CT molecular complexity index is 1040. The third-order valence-corrected chi connectivity index (χ3v) is 6.22. The van der Waals surface area contributed by atoms with Crippen molar-refractivity contribution in [2.24, 2.45) is 5.92 Å². The highest BCUT2D eigenvalue weighted by Gasteiger charge is 2.20. The molecule has 0 spiro atoms. The van der Waals surface area contributed by atoms with E-state index in [1.807, 2.05) is 42.8 Å². The lowest BCUT2D eigenvalue weighted by Gasteiger charge is -2.33. The lowest BCUT2D eigenvalue weighted by atomic mass is 9.96. The van der Waals surface area contributed by atoms with Gasteiger partial charge in [0.15, 0.2) is 17.2 Å². The molecule has 1 atom stereocenters. The molecular formula is C25H32N4O2. The van der Waals surface area contributed by atoms with Crippen LogP contribution in [-0.4, -0.2) is 39.8 Å². The zero-order chi connectivity index (χ0) is 21.8. The number of piperidine rings is 1. The Balaban J connectivity index is 1.43. The first-order valence-electron chi connectivity index (χ1n) is 11.4. The lowest BCUT2D eigenvalue weighted by Crippen LogP contribution is -2.35. The van der Waals surface area contributed by atoms with Gasteiger partial charge in [0.1, 0.15) is 11.5 Å². The number of hydrogen-bond donors (Lipinski definition) is 0. The van der Waals surface area contributed by atoms with E-state index >= 15 is 0 Å². The van der Waals surface area contributed by atoms with Crippen molar-refractivity contribution in [1.29, 1.82) is 0 Å². The molecule has 1 aliphatic heterocycles. The van der Waals surface area contributed by atoms with Crippen molar-refractivity contribution < 1.29 is 9.53 Å². The first kappa shape index (κ1) is 21.3. The molecule has 0 aromatic carbocycles. The summed E-state index contributed by atoms with van der Waals surface area (Å²) >= 11 is 0. The molecule has 4 rings (SSSR count). The topological polar surface area (TPSA) is 59.7 Å². The Hall–Kier alpha value is -2.89. The second kappa shape index (κ2) is 9.50. The van der Waals surface area contributed by atoms with Crippen molar-refractivity contribution in [3.63, 3.8) is 0 Å². The van der Waals surface area contributed by atoms with Gasteiger partial charge in [-0.15, -0.1) is 0 Å². The third-order valence-electron chi connectivity index (χ3n) is 6.22. The summed E-state index contributed by atoms with van der Waals surface area (Å²) in [6.45, 7) is 8.84. The number of nitrogens with zero attached hydrogens (tertiary/aromatic N) is 4. The molecule has 6 heteroatoms. The van der Waals surface area contributed by atoms with Crippen molar-refractivity contribution in [3.8, 4) is 5.75 Å². The molecule has 0 N–H and O–H groups in total. The van der Waals surface area contributed by atoms with Crippen molar-refractivity contribution >= 4 is 17.2 Å². The normalized spacial score (nSPS) is 16.6. The maximum Gasteiger partial charge on any atom is 0.181 e. The van der Waals surface area contributed by atoms with Crippen molar-refractivity contribution in [2.75, 3.05) is 24.6 Å². The molecule has 0 saturated carbocycles. The number of carbonyl (C=O) groups is 1. The van der Waals surface area contributed by atoms with E-state index in [4.69, 9.17) is 9.72 Å². The standard InChI is InChI=1S/C25H32N4O2/c1-4-19-8-6-14-28(17-19)23-13-11-20(16-26-23)10-12-21(30)24-18(3)27-25-22(31-5-2)9-7-15-29(24)25/h7,9,11,13,15-16,19H,4-6,8,10,12,14,17H2,1-3H3. The van der Waals surface area contributed by atoms with Crippen LogP contribution in [0.5, 0.6) is 5.75 Å². The average Bonchev–Trinajstić information content (AvgIpc) is 3.15. The van der Waals surface area contributed by atoms with Crippen LogP contribution in [0, 0.1) is 12.8 Å². The van der Waals surface area contributed by atoms with Gasteiger partial charge in [-0.05, 0) is 62.8 Å². The summed E-state index contributed by atoms with van der Waals surface area (Å²) in [6.07, 6.45) is 8.68. The second-order valence-electron chi connectivity index (χ2n) is 8.36. The van der Waals surface area contributed by atoms with Gasteiger partial charge >= 0.3 is 0 Å². The number of imidazole rings is 1. The van der Waals surface area contributed by atoms with Gasteiger partial charge in [-0.1, -0.05) is 19.4 Å². The zero-order valence-electron chi connectivity index (χ0n) is 18.8. The van der Waals surface area contributed by atoms with E-state index < -0.39 is 0 Å². The van der Waals surface area contributed by atoms with E-state index in [0.29, 0.717) is 36.5 Å².